The Kier molecular flexibility index (Phi) is 2.87. The van der Waals surface area contributed by atoms with Crippen molar-refractivity contribution >= 4 is 5.97 Å². The number of rotatable bonds is 3. The summed E-state index contributed by atoms with van der Waals surface area (Å²) in [6.07, 6.45) is 0.0413. The van der Waals surface area contributed by atoms with Crippen molar-refractivity contribution in [1.29, 1.82) is 0 Å². The minimum Gasteiger partial charge on any atom is -0.466 e. The highest BCUT2D eigenvalue weighted by Crippen LogP contribution is 2.57. The second-order valence-electron chi connectivity index (χ2n) is 5.42. The van der Waals surface area contributed by atoms with Gasteiger partial charge in [0.15, 0.2) is 6.23 Å². The standard InChI is InChI=1S/C15H19NO3/c1-4-18-14(17)12-10(2)13-16(19-13)15(12,3)11-8-6-5-7-9-11/h5-10,12-13H,4H2,1-3H3/t10-,12+,13-,15-,16?/m1/s1. The molecule has 4 nitrogen and oxygen atoms in total. The highest BCUT2D eigenvalue weighted by Gasteiger charge is 2.68. The van der Waals surface area contributed by atoms with Gasteiger partial charge in [-0.1, -0.05) is 37.3 Å². The molecule has 0 aliphatic carbocycles. The van der Waals surface area contributed by atoms with E-state index >= 15 is 0 Å². The maximum absolute atomic E-state index is 12.3. The van der Waals surface area contributed by atoms with Gasteiger partial charge in [-0.05, 0) is 19.4 Å². The summed E-state index contributed by atoms with van der Waals surface area (Å²) >= 11 is 0. The zero-order valence-corrected chi connectivity index (χ0v) is 11.5. The number of carbonyl (C=O) groups excluding carboxylic acids is 1. The molecule has 5 atom stereocenters. The Labute approximate surface area is 113 Å². The molecule has 4 heteroatoms. The molecule has 3 rings (SSSR count). The SMILES string of the molecule is CCOC(=O)[C@@H]1[C@@H](C)[C@H]2ON2[C@]1(C)c1ccccc1. The Morgan fingerprint density at radius 3 is 2.74 bits per heavy atom. The lowest BCUT2D eigenvalue weighted by atomic mass is 9.76. The predicted octanol–water partition coefficient (Wildman–Crippen LogP) is 2.30. The van der Waals surface area contributed by atoms with Crippen molar-refractivity contribution in [3.8, 4) is 0 Å². The van der Waals surface area contributed by atoms with Crippen LogP contribution in [0.3, 0.4) is 0 Å². The first-order valence-corrected chi connectivity index (χ1v) is 6.79. The molecule has 0 aromatic heterocycles. The summed E-state index contributed by atoms with van der Waals surface area (Å²) in [7, 11) is 0. The van der Waals surface area contributed by atoms with Crippen LogP contribution in [-0.4, -0.2) is 23.9 Å². The van der Waals surface area contributed by atoms with Gasteiger partial charge in [0.1, 0.15) is 0 Å². The summed E-state index contributed by atoms with van der Waals surface area (Å²) < 4.78 is 5.26. The molecule has 0 amide bonds. The molecule has 2 aliphatic rings. The Balaban J connectivity index is 2.00. The molecule has 1 aromatic rings. The summed E-state index contributed by atoms with van der Waals surface area (Å²) in [5.41, 5.74) is 0.664. The maximum atomic E-state index is 12.3. The van der Waals surface area contributed by atoms with Gasteiger partial charge in [-0.3, -0.25) is 9.63 Å². The van der Waals surface area contributed by atoms with E-state index in [-0.39, 0.29) is 24.0 Å². The Hall–Kier alpha value is -1.39. The lowest BCUT2D eigenvalue weighted by Gasteiger charge is -2.33. The summed E-state index contributed by atoms with van der Waals surface area (Å²) in [4.78, 5) is 17.9. The van der Waals surface area contributed by atoms with E-state index in [2.05, 4.69) is 13.8 Å². The number of carbonyl (C=O) groups is 1. The van der Waals surface area contributed by atoms with E-state index in [0.29, 0.717) is 6.61 Å². The number of nitrogens with zero attached hydrogens (tertiary/aromatic N) is 1. The predicted molar refractivity (Wildman–Crippen MR) is 69.8 cm³/mol. The molecular formula is C15H19NO3. The molecule has 102 valence electrons. The molecule has 1 unspecified atom stereocenters. The fourth-order valence-electron chi connectivity index (χ4n) is 3.34. The van der Waals surface area contributed by atoms with Crippen molar-refractivity contribution in [3.05, 3.63) is 35.9 Å². The van der Waals surface area contributed by atoms with Gasteiger partial charge in [0, 0.05) is 5.92 Å². The number of hydrogen-bond acceptors (Lipinski definition) is 4. The van der Waals surface area contributed by atoms with Crippen LogP contribution in [-0.2, 0) is 19.9 Å². The third-order valence-corrected chi connectivity index (χ3v) is 4.34. The van der Waals surface area contributed by atoms with Crippen molar-refractivity contribution in [2.75, 3.05) is 6.61 Å². The molecule has 0 bridgehead atoms. The number of benzene rings is 1. The smallest absolute Gasteiger partial charge is 0.311 e. The van der Waals surface area contributed by atoms with Gasteiger partial charge < -0.3 is 4.74 Å². The first-order valence-electron chi connectivity index (χ1n) is 6.79. The van der Waals surface area contributed by atoms with Crippen LogP contribution in [0.1, 0.15) is 26.3 Å². The van der Waals surface area contributed by atoms with Crippen molar-refractivity contribution in [2.45, 2.75) is 32.5 Å². The van der Waals surface area contributed by atoms with Crippen LogP contribution in [0.4, 0.5) is 0 Å². The highest BCUT2D eigenvalue weighted by molar-refractivity contribution is 5.76. The Bertz CT molecular complexity index is 489. The van der Waals surface area contributed by atoms with E-state index < -0.39 is 5.54 Å². The minimum absolute atomic E-state index is 0.0413. The lowest BCUT2D eigenvalue weighted by molar-refractivity contribution is -0.156. The molecule has 2 heterocycles. The van der Waals surface area contributed by atoms with Gasteiger partial charge in [0.2, 0.25) is 0 Å². The molecule has 0 radical (unpaired) electrons. The van der Waals surface area contributed by atoms with E-state index in [4.69, 9.17) is 9.57 Å². The first kappa shape index (κ1) is 12.6. The number of hydrogen-bond donors (Lipinski definition) is 0. The Morgan fingerprint density at radius 1 is 1.42 bits per heavy atom. The fraction of sp³-hybridized carbons (Fsp3) is 0.533. The molecule has 0 saturated carbocycles. The molecule has 2 saturated heterocycles. The van der Waals surface area contributed by atoms with E-state index in [1.165, 1.54) is 0 Å². The summed E-state index contributed by atoms with van der Waals surface area (Å²) in [5, 5.41) is 1.94. The molecule has 0 N–H and O–H groups in total. The largest absolute Gasteiger partial charge is 0.466 e. The topological polar surface area (TPSA) is 41.8 Å². The summed E-state index contributed by atoms with van der Waals surface area (Å²) in [5.74, 6) is -0.171. The molecule has 0 spiro atoms. The van der Waals surface area contributed by atoms with Gasteiger partial charge in [-0.2, -0.15) is 0 Å². The zero-order chi connectivity index (χ0) is 13.6. The highest BCUT2D eigenvalue weighted by atomic mass is 16.8. The van der Waals surface area contributed by atoms with Crippen molar-refractivity contribution in [1.82, 2.24) is 5.06 Å². The van der Waals surface area contributed by atoms with Crippen LogP contribution in [0, 0.1) is 11.8 Å². The van der Waals surface area contributed by atoms with Gasteiger partial charge in [0.25, 0.3) is 0 Å². The number of fused-ring (bicyclic) bond motifs is 1. The summed E-state index contributed by atoms with van der Waals surface area (Å²) in [6.45, 7) is 6.38. The van der Waals surface area contributed by atoms with Crippen molar-refractivity contribution in [3.63, 3.8) is 0 Å². The number of hydroxylamine groups is 2. The second-order valence-corrected chi connectivity index (χ2v) is 5.42. The van der Waals surface area contributed by atoms with Crippen LogP contribution in [0.2, 0.25) is 0 Å². The first-order chi connectivity index (χ1) is 9.10. The van der Waals surface area contributed by atoms with Crippen LogP contribution in [0.15, 0.2) is 30.3 Å². The van der Waals surface area contributed by atoms with Crippen molar-refractivity contribution in [2.24, 2.45) is 11.8 Å². The van der Waals surface area contributed by atoms with Gasteiger partial charge in [-0.25, -0.2) is 0 Å². The quantitative estimate of drug-likeness (QED) is 0.618. The normalized spacial score (nSPS) is 39.7. The average Bonchev–Trinajstić information content (AvgIpc) is 3.16. The van der Waals surface area contributed by atoms with Crippen LogP contribution >= 0.6 is 0 Å². The van der Waals surface area contributed by atoms with Crippen molar-refractivity contribution < 1.29 is 14.4 Å². The number of esters is 1. The lowest BCUT2D eigenvalue weighted by Crippen LogP contribution is -2.42. The average molecular weight is 261 g/mol. The monoisotopic (exact) mass is 261 g/mol. The molecule has 2 fully saturated rings. The van der Waals surface area contributed by atoms with Gasteiger partial charge in [-0.15, -0.1) is 5.06 Å². The third kappa shape index (κ3) is 1.70. The van der Waals surface area contributed by atoms with Gasteiger partial charge >= 0.3 is 5.97 Å². The van der Waals surface area contributed by atoms with Crippen LogP contribution in [0.25, 0.3) is 0 Å². The van der Waals surface area contributed by atoms with E-state index in [1.807, 2.05) is 42.3 Å². The zero-order valence-electron chi connectivity index (χ0n) is 11.5. The van der Waals surface area contributed by atoms with Gasteiger partial charge in [0.05, 0.1) is 18.1 Å². The minimum atomic E-state index is -0.433. The summed E-state index contributed by atoms with van der Waals surface area (Å²) in [6, 6.07) is 10.0. The molecule has 19 heavy (non-hydrogen) atoms. The molecule has 1 aromatic carbocycles. The van der Waals surface area contributed by atoms with E-state index in [9.17, 15) is 4.79 Å². The molecular weight excluding hydrogens is 242 g/mol. The second kappa shape index (κ2) is 4.32. The van der Waals surface area contributed by atoms with E-state index in [1.54, 1.807) is 0 Å². The van der Waals surface area contributed by atoms with Crippen LogP contribution in [0.5, 0.6) is 0 Å². The Morgan fingerprint density at radius 2 is 2.11 bits per heavy atom. The molecule has 2 aliphatic heterocycles. The third-order valence-electron chi connectivity index (χ3n) is 4.34. The van der Waals surface area contributed by atoms with E-state index in [0.717, 1.165) is 5.56 Å². The number of ether oxygens (including phenoxy) is 1. The maximum Gasteiger partial charge on any atom is 0.311 e. The fourth-order valence-corrected chi connectivity index (χ4v) is 3.34. The van der Waals surface area contributed by atoms with Crippen LogP contribution < -0.4 is 0 Å².